The lowest BCUT2D eigenvalue weighted by atomic mass is 9.90. The van der Waals surface area contributed by atoms with Crippen molar-refractivity contribution in [1.29, 1.82) is 0 Å². The van der Waals surface area contributed by atoms with Gasteiger partial charge in [0.25, 0.3) is 0 Å². The molecular weight excluding hydrogens is 200 g/mol. The van der Waals surface area contributed by atoms with Crippen molar-refractivity contribution in [3.8, 4) is 0 Å². The first kappa shape index (κ1) is 13.6. The van der Waals surface area contributed by atoms with Gasteiger partial charge in [0, 0.05) is 12.2 Å². The number of aliphatic hydroxyl groups excluding tert-OH is 1. The number of carboxylic acid groups (broad SMARTS) is 1. The van der Waals surface area contributed by atoms with Crippen molar-refractivity contribution in [2.45, 2.75) is 26.9 Å². The van der Waals surface area contributed by atoms with Crippen molar-refractivity contribution in [1.82, 2.24) is 0 Å². The van der Waals surface area contributed by atoms with Gasteiger partial charge in [-0.05, 0) is 5.41 Å². The number of aliphatic hydroxyl groups is 1. The molecule has 0 aromatic carbocycles. The maximum atomic E-state index is 10.9. The molecule has 0 fully saturated rings. The smallest absolute Gasteiger partial charge is 0.331 e. The molecule has 0 heterocycles. The van der Waals surface area contributed by atoms with E-state index in [0.717, 1.165) is 6.08 Å². The molecule has 0 aliphatic rings. The number of hydrogen-bond donors (Lipinski definition) is 2. The van der Waals surface area contributed by atoms with Crippen LogP contribution in [0.25, 0.3) is 0 Å². The minimum atomic E-state index is -1.22. The lowest BCUT2D eigenvalue weighted by Crippen LogP contribution is -2.31. The van der Waals surface area contributed by atoms with E-state index in [0.29, 0.717) is 6.08 Å². The number of hydrogen-bond acceptors (Lipinski definition) is 4. The number of esters is 1. The maximum absolute atomic E-state index is 10.9. The first-order chi connectivity index (χ1) is 6.73. The SMILES string of the molecule is CC(C)(C)C(O)COC(=O)/C=C/C(=O)O. The van der Waals surface area contributed by atoms with Gasteiger partial charge in [-0.15, -0.1) is 0 Å². The Balaban J connectivity index is 3.97. The van der Waals surface area contributed by atoms with Crippen LogP contribution in [0.2, 0.25) is 0 Å². The second-order valence-corrected chi connectivity index (χ2v) is 4.18. The van der Waals surface area contributed by atoms with Gasteiger partial charge in [-0.3, -0.25) is 0 Å². The fourth-order valence-electron chi connectivity index (χ4n) is 0.599. The molecule has 0 aliphatic carbocycles. The van der Waals surface area contributed by atoms with Crippen molar-refractivity contribution in [3.05, 3.63) is 12.2 Å². The third-order valence-electron chi connectivity index (χ3n) is 1.75. The molecule has 1 unspecified atom stereocenters. The van der Waals surface area contributed by atoms with E-state index in [9.17, 15) is 14.7 Å². The van der Waals surface area contributed by atoms with Gasteiger partial charge in [0.2, 0.25) is 0 Å². The van der Waals surface area contributed by atoms with Gasteiger partial charge in [0.05, 0.1) is 6.10 Å². The second-order valence-electron chi connectivity index (χ2n) is 4.18. The molecule has 0 aromatic heterocycles. The van der Waals surface area contributed by atoms with E-state index in [1.807, 2.05) is 0 Å². The van der Waals surface area contributed by atoms with Crippen molar-refractivity contribution in [2.24, 2.45) is 5.41 Å². The highest BCUT2D eigenvalue weighted by Gasteiger charge is 2.23. The van der Waals surface area contributed by atoms with Crippen LogP contribution in [-0.2, 0) is 14.3 Å². The average Bonchev–Trinajstić information content (AvgIpc) is 2.09. The van der Waals surface area contributed by atoms with Gasteiger partial charge in [-0.1, -0.05) is 20.8 Å². The third-order valence-corrected chi connectivity index (χ3v) is 1.75. The van der Waals surface area contributed by atoms with Gasteiger partial charge in [-0.25, -0.2) is 9.59 Å². The number of rotatable bonds is 4. The molecule has 5 nitrogen and oxygen atoms in total. The molecular formula is C10H16O5. The van der Waals surface area contributed by atoms with Crippen LogP contribution in [-0.4, -0.2) is 34.9 Å². The van der Waals surface area contributed by atoms with Crippen molar-refractivity contribution >= 4 is 11.9 Å². The molecule has 0 saturated heterocycles. The predicted octanol–water partition coefficient (Wildman–Crippen LogP) is 0.577. The fourth-order valence-corrected chi connectivity index (χ4v) is 0.599. The predicted molar refractivity (Wildman–Crippen MR) is 53.2 cm³/mol. The quantitative estimate of drug-likeness (QED) is 0.530. The Morgan fingerprint density at radius 1 is 1.33 bits per heavy atom. The molecule has 0 amide bonds. The van der Waals surface area contributed by atoms with Crippen LogP contribution in [0, 0.1) is 5.41 Å². The molecule has 15 heavy (non-hydrogen) atoms. The molecule has 0 rings (SSSR count). The molecule has 0 saturated carbocycles. The lowest BCUT2D eigenvalue weighted by molar-refractivity contribution is -0.143. The highest BCUT2D eigenvalue weighted by molar-refractivity contribution is 5.90. The molecule has 0 bridgehead atoms. The van der Waals surface area contributed by atoms with E-state index in [1.54, 1.807) is 20.8 Å². The molecule has 0 spiro atoms. The van der Waals surface area contributed by atoms with Crippen LogP contribution in [0.15, 0.2) is 12.2 Å². The van der Waals surface area contributed by atoms with Crippen LogP contribution in [0.4, 0.5) is 0 Å². The lowest BCUT2D eigenvalue weighted by Gasteiger charge is -2.24. The molecule has 0 aliphatic heterocycles. The summed E-state index contributed by atoms with van der Waals surface area (Å²) in [7, 11) is 0. The van der Waals surface area contributed by atoms with Gasteiger partial charge >= 0.3 is 11.9 Å². The van der Waals surface area contributed by atoms with Crippen molar-refractivity contribution in [3.63, 3.8) is 0 Å². The van der Waals surface area contributed by atoms with E-state index < -0.39 is 18.0 Å². The van der Waals surface area contributed by atoms with Crippen LogP contribution in [0.5, 0.6) is 0 Å². The summed E-state index contributed by atoms with van der Waals surface area (Å²) in [5.41, 5.74) is -0.378. The van der Waals surface area contributed by atoms with Crippen molar-refractivity contribution in [2.75, 3.05) is 6.61 Å². The van der Waals surface area contributed by atoms with E-state index in [1.165, 1.54) is 0 Å². The van der Waals surface area contributed by atoms with Crippen LogP contribution < -0.4 is 0 Å². The van der Waals surface area contributed by atoms with E-state index in [4.69, 9.17) is 5.11 Å². The summed E-state index contributed by atoms with van der Waals surface area (Å²) < 4.78 is 4.64. The van der Waals surface area contributed by atoms with Crippen LogP contribution in [0.3, 0.4) is 0 Å². The summed E-state index contributed by atoms with van der Waals surface area (Å²) in [6.07, 6.45) is 0.712. The van der Waals surface area contributed by atoms with Gasteiger partial charge in [-0.2, -0.15) is 0 Å². The molecule has 86 valence electrons. The molecule has 1 atom stereocenters. The standard InChI is InChI=1S/C10H16O5/c1-10(2,3)7(11)6-15-9(14)5-4-8(12)13/h4-5,7,11H,6H2,1-3H3,(H,12,13)/b5-4+. The summed E-state index contributed by atoms with van der Waals surface area (Å²) >= 11 is 0. The number of ether oxygens (including phenoxy) is 1. The number of carbonyl (C=O) groups is 2. The zero-order valence-electron chi connectivity index (χ0n) is 9.06. The molecule has 0 radical (unpaired) electrons. The number of carbonyl (C=O) groups excluding carboxylic acids is 1. The average molecular weight is 216 g/mol. The zero-order chi connectivity index (χ0) is 12.1. The minimum Gasteiger partial charge on any atom is -0.478 e. The molecule has 2 N–H and O–H groups in total. The Hall–Kier alpha value is -1.36. The van der Waals surface area contributed by atoms with Crippen molar-refractivity contribution < 1.29 is 24.5 Å². The monoisotopic (exact) mass is 216 g/mol. The normalized spacial score (nSPS) is 13.9. The van der Waals surface area contributed by atoms with E-state index in [2.05, 4.69) is 4.74 Å². The van der Waals surface area contributed by atoms with E-state index in [-0.39, 0.29) is 12.0 Å². The first-order valence-corrected chi connectivity index (χ1v) is 4.49. The Kier molecular flexibility index (Phi) is 5.00. The maximum Gasteiger partial charge on any atom is 0.331 e. The third kappa shape index (κ3) is 6.68. The van der Waals surface area contributed by atoms with Gasteiger partial charge in [0.15, 0.2) is 0 Å². The minimum absolute atomic E-state index is 0.147. The van der Waals surface area contributed by atoms with E-state index >= 15 is 0 Å². The van der Waals surface area contributed by atoms with Gasteiger partial charge in [0.1, 0.15) is 6.61 Å². The summed E-state index contributed by atoms with van der Waals surface area (Å²) in [5, 5.41) is 17.7. The van der Waals surface area contributed by atoms with Crippen LogP contribution in [0.1, 0.15) is 20.8 Å². The fraction of sp³-hybridized carbons (Fsp3) is 0.600. The Bertz CT molecular complexity index is 261. The number of aliphatic carboxylic acids is 1. The van der Waals surface area contributed by atoms with Gasteiger partial charge < -0.3 is 14.9 Å². The Labute approximate surface area is 88.4 Å². The molecule has 0 aromatic rings. The summed E-state index contributed by atoms with van der Waals surface area (Å²) in [4.78, 5) is 21.0. The van der Waals surface area contributed by atoms with Crippen LogP contribution >= 0.6 is 0 Å². The number of carboxylic acids is 1. The largest absolute Gasteiger partial charge is 0.478 e. The summed E-state index contributed by atoms with van der Waals surface area (Å²) in [6.45, 7) is 5.27. The Morgan fingerprint density at radius 2 is 1.87 bits per heavy atom. The second kappa shape index (κ2) is 5.50. The summed E-state index contributed by atoms with van der Waals surface area (Å²) in [6, 6.07) is 0. The highest BCUT2D eigenvalue weighted by atomic mass is 16.5. The first-order valence-electron chi connectivity index (χ1n) is 4.49. The topological polar surface area (TPSA) is 83.8 Å². The Morgan fingerprint density at radius 3 is 2.27 bits per heavy atom. The zero-order valence-corrected chi connectivity index (χ0v) is 9.06. The summed E-state index contributed by atoms with van der Waals surface area (Å²) in [5.74, 6) is -2.00. The molecule has 5 heteroatoms. The highest BCUT2D eigenvalue weighted by Crippen LogP contribution is 2.18.